The summed E-state index contributed by atoms with van der Waals surface area (Å²) in [6, 6.07) is 9.92. The van der Waals surface area contributed by atoms with Crippen molar-refractivity contribution in [3.8, 4) is 11.5 Å². The molecule has 0 N–H and O–H groups in total. The number of fused-ring (bicyclic) bond motifs is 1. The second-order valence-corrected chi connectivity index (χ2v) is 9.88. The molecule has 0 amide bonds. The van der Waals surface area contributed by atoms with E-state index in [1.54, 1.807) is 70.5 Å². The summed E-state index contributed by atoms with van der Waals surface area (Å²) >= 11 is 10.9. The van der Waals surface area contributed by atoms with E-state index in [2.05, 4.69) is 20.9 Å². The van der Waals surface area contributed by atoms with Gasteiger partial charge in [-0.15, -0.1) is 0 Å². The third-order valence-corrected chi connectivity index (χ3v) is 7.41. The van der Waals surface area contributed by atoms with Gasteiger partial charge in [0.25, 0.3) is 5.56 Å². The van der Waals surface area contributed by atoms with Gasteiger partial charge in [0.15, 0.2) is 16.3 Å². The quantitative estimate of drug-likeness (QED) is 0.410. The zero-order chi connectivity index (χ0) is 25.3. The number of thiazole rings is 1. The zero-order valence-electron chi connectivity index (χ0n) is 19.4. The van der Waals surface area contributed by atoms with Crippen molar-refractivity contribution in [2.24, 2.45) is 4.99 Å². The van der Waals surface area contributed by atoms with Crippen LogP contribution in [0.25, 0.3) is 6.08 Å². The highest BCUT2D eigenvalue weighted by Crippen LogP contribution is 2.34. The minimum Gasteiger partial charge on any atom is -0.493 e. The topological polar surface area (TPSA) is 79.1 Å². The first kappa shape index (κ1) is 25.2. The molecular formula is C25H22BrClN2O5S. The maximum Gasteiger partial charge on any atom is 0.338 e. The van der Waals surface area contributed by atoms with Crippen molar-refractivity contribution < 1.29 is 19.0 Å². The van der Waals surface area contributed by atoms with Gasteiger partial charge >= 0.3 is 5.97 Å². The average molecular weight is 578 g/mol. The molecule has 0 saturated heterocycles. The molecular weight excluding hydrogens is 556 g/mol. The van der Waals surface area contributed by atoms with Crippen LogP contribution in [0, 0.1) is 0 Å². The number of rotatable bonds is 6. The molecule has 0 unspecified atom stereocenters. The Hall–Kier alpha value is -2.88. The van der Waals surface area contributed by atoms with Crippen LogP contribution in [0.5, 0.6) is 11.5 Å². The van der Waals surface area contributed by atoms with Crippen LogP contribution < -0.4 is 24.4 Å². The molecule has 1 aliphatic heterocycles. The smallest absolute Gasteiger partial charge is 0.338 e. The number of nitrogens with zero attached hydrogens (tertiary/aromatic N) is 2. The highest BCUT2D eigenvalue weighted by Gasteiger charge is 2.33. The minimum absolute atomic E-state index is 0.209. The predicted molar refractivity (Wildman–Crippen MR) is 139 cm³/mol. The first-order valence-electron chi connectivity index (χ1n) is 10.7. The van der Waals surface area contributed by atoms with Gasteiger partial charge in [-0.3, -0.25) is 9.36 Å². The van der Waals surface area contributed by atoms with E-state index < -0.39 is 12.0 Å². The fourth-order valence-corrected chi connectivity index (χ4v) is 5.47. The summed E-state index contributed by atoms with van der Waals surface area (Å²) in [7, 11) is 3.11. The monoisotopic (exact) mass is 576 g/mol. The summed E-state index contributed by atoms with van der Waals surface area (Å²) in [4.78, 5) is 31.7. The van der Waals surface area contributed by atoms with E-state index >= 15 is 0 Å². The molecule has 4 rings (SSSR count). The number of hydrogen-bond donors (Lipinski definition) is 0. The second kappa shape index (κ2) is 10.4. The van der Waals surface area contributed by atoms with Crippen molar-refractivity contribution in [1.29, 1.82) is 0 Å². The van der Waals surface area contributed by atoms with Gasteiger partial charge in [0.1, 0.15) is 0 Å². The lowest BCUT2D eigenvalue weighted by molar-refractivity contribution is -0.139. The summed E-state index contributed by atoms with van der Waals surface area (Å²) < 4.78 is 18.8. The minimum atomic E-state index is -0.696. The van der Waals surface area contributed by atoms with Gasteiger partial charge < -0.3 is 14.2 Å². The molecule has 1 atom stereocenters. The number of methoxy groups -OCH3 is 2. The van der Waals surface area contributed by atoms with Gasteiger partial charge in [-0.05, 0) is 55.3 Å². The molecule has 0 spiro atoms. The molecule has 0 radical (unpaired) electrons. The van der Waals surface area contributed by atoms with E-state index in [1.807, 2.05) is 0 Å². The van der Waals surface area contributed by atoms with Crippen molar-refractivity contribution in [3.05, 3.63) is 88.0 Å². The Morgan fingerprint density at radius 2 is 1.86 bits per heavy atom. The maximum atomic E-state index is 13.7. The Morgan fingerprint density at radius 1 is 1.20 bits per heavy atom. The van der Waals surface area contributed by atoms with Gasteiger partial charge in [-0.2, -0.15) is 0 Å². The zero-order valence-corrected chi connectivity index (χ0v) is 22.6. The van der Waals surface area contributed by atoms with Crippen molar-refractivity contribution in [3.63, 3.8) is 0 Å². The lowest BCUT2D eigenvalue weighted by Gasteiger charge is -2.24. The van der Waals surface area contributed by atoms with E-state index in [0.29, 0.717) is 37.1 Å². The molecule has 0 saturated carbocycles. The first-order valence-corrected chi connectivity index (χ1v) is 12.6. The number of hydrogen-bond acceptors (Lipinski definition) is 7. The predicted octanol–water partition coefficient (Wildman–Crippen LogP) is 4.23. The van der Waals surface area contributed by atoms with Crippen molar-refractivity contribution in [2.45, 2.75) is 19.9 Å². The van der Waals surface area contributed by atoms with Crippen LogP contribution in [0.1, 0.15) is 31.0 Å². The molecule has 182 valence electrons. The Kier molecular flexibility index (Phi) is 7.49. The number of carbonyl (C=O) groups excluding carboxylic acids is 1. The standard InChI is InChI=1S/C25H22BrClN2O5S/c1-5-34-24(31)21-13(2)28-25-29(22(21)14-6-8-16(27)9-7-14)23(30)20(35-25)11-15-10-18(32-3)19(33-4)12-17(15)26/h6-12,22H,5H2,1-4H3/b20-11-/t22-/m0/s1. The van der Waals surface area contributed by atoms with Gasteiger partial charge in [-0.25, -0.2) is 9.79 Å². The average Bonchev–Trinajstić information content (AvgIpc) is 3.14. The molecule has 0 fully saturated rings. The van der Waals surface area contributed by atoms with Gasteiger partial charge in [0, 0.05) is 9.50 Å². The van der Waals surface area contributed by atoms with Crippen LogP contribution in [0.2, 0.25) is 5.02 Å². The summed E-state index contributed by atoms with van der Waals surface area (Å²) in [5, 5.41) is 0.554. The molecule has 0 bridgehead atoms. The highest BCUT2D eigenvalue weighted by molar-refractivity contribution is 9.10. The van der Waals surface area contributed by atoms with Crippen LogP contribution in [0.4, 0.5) is 0 Å². The largest absolute Gasteiger partial charge is 0.493 e. The number of allylic oxidation sites excluding steroid dienone is 1. The Morgan fingerprint density at radius 3 is 2.49 bits per heavy atom. The summed E-state index contributed by atoms with van der Waals surface area (Å²) in [5.74, 6) is 0.593. The molecule has 1 aliphatic rings. The molecule has 1 aromatic heterocycles. The van der Waals surface area contributed by atoms with Gasteiger partial charge in [0.2, 0.25) is 0 Å². The molecule has 3 aromatic rings. The van der Waals surface area contributed by atoms with E-state index in [9.17, 15) is 9.59 Å². The van der Waals surface area contributed by atoms with Crippen molar-refractivity contribution in [2.75, 3.05) is 20.8 Å². The summed E-state index contributed by atoms with van der Waals surface area (Å²) in [6.07, 6.45) is 1.76. The number of aromatic nitrogens is 1. The third kappa shape index (κ3) is 4.80. The number of esters is 1. The number of ether oxygens (including phenoxy) is 3. The summed E-state index contributed by atoms with van der Waals surface area (Å²) in [5.41, 5.74) is 2.01. The molecule has 2 heterocycles. The number of carbonyl (C=O) groups is 1. The maximum absolute atomic E-state index is 13.7. The molecule has 0 aliphatic carbocycles. The first-order chi connectivity index (χ1) is 16.8. The van der Waals surface area contributed by atoms with Crippen molar-refractivity contribution in [1.82, 2.24) is 4.57 Å². The number of benzene rings is 2. The molecule has 10 heteroatoms. The summed E-state index contributed by atoms with van der Waals surface area (Å²) in [6.45, 7) is 3.69. The molecule has 2 aromatic carbocycles. The Balaban J connectivity index is 1.95. The van der Waals surface area contributed by atoms with Crippen molar-refractivity contribution >= 4 is 50.9 Å². The fraction of sp³-hybridized carbons (Fsp3) is 0.240. The third-order valence-electron chi connectivity index (χ3n) is 5.49. The molecule has 7 nitrogen and oxygen atoms in total. The lowest BCUT2D eigenvalue weighted by Crippen LogP contribution is -2.39. The van der Waals surface area contributed by atoms with E-state index in [0.717, 1.165) is 15.6 Å². The lowest BCUT2D eigenvalue weighted by atomic mass is 9.96. The SMILES string of the molecule is CCOC(=O)C1=C(C)N=c2s/c(=C\c3cc(OC)c(OC)cc3Br)c(=O)n2[C@H]1c1ccc(Cl)cc1. The normalized spacial score (nSPS) is 15.5. The van der Waals surface area contributed by atoms with Gasteiger partial charge in [-0.1, -0.05) is 51.0 Å². The Labute approximate surface area is 219 Å². The fourth-order valence-electron chi connectivity index (χ4n) is 3.87. The van der Waals surface area contributed by atoms with Crippen LogP contribution >= 0.6 is 38.9 Å². The van der Waals surface area contributed by atoms with Crippen LogP contribution in [0.15, 0.2) is 61.9 Å². The highest BCUT2D eigenvalue weighted by atomic mass is 79.9. The van der Waals surface area contributed by atoms with Crippen LogP contribution in [-0.4, -0.2) is 31.4 Å². The molecule has 35 heavy (non-hydrogen) atoms. The van der Waals surface area contributed by atoms with Crippen LogP contribution in [-0.2, 0) is 9.53 Å². The van der Waals surface area contributed by atoms with E-state index in [4.69, 9.17) is 25.8 Å². The second-order valence-electron chi connectivity index (χ2n) is 7.58. The number of halogens is 2. The Bertz CT molecular complexity index is 1510. The van der Waals surface area contributed by atoms with E-state index in [-0.39, 0.29) is 12.2 Å². The van der Waals surface area contributed by atoms with Crippen LogP contribution in [0.3, 0.4) is 0 Å². The van der Waals surface area contributed by atoms with Gasteiger partial charge in [0.05, 0.1) is 42.7 Å². The van der Waals surface area contributed by atoms with E-state index in [1.165, 1.54) is 15.9 Å².